The van der Waals surface area contributed by atoms with Crippen LogP contribution in [0, 0.1) is 0 Å². The van der Waals surface area contributed by atoms with Gasteiger partial charge < -0.3 is 10.2 Å². The first-order valence-corrected chi connectivity index (χ1v) is 6.70. The molecule has 0 unspecified atom stereocenters. The summed E-state index contributed by atoms with van der Waals surface area (Å²) in [5.74, 6) is 1.62. The molecular formula is C10H18O2S. The fourth-order valence-corrected chi connectivity index (χ4v) is 4.88. The van der Waals surface area contributed by atoms with Gasteiger partial charge in [0.05, 0.1) is 13.2 Å². The summed E-state index contributed by atoms with van der Waals surface area (Å²) in [4.78, 5) is 1.41. The molecule has 0 fully saturated rings. The van der Waals surface area contributed by atoms with Gasteiger partial charge in [0.15, 0.2) is 0 Å². The highest BCUT2D eigenvalue weighted by molar-refractivity contribution is 8.39. The highest BCUT2D eigenvalue weighted by Gasteiger charge is 2.26. The maximum atomic E-state index is 9.01. The van der Waals surface area contributed by atoms with Gasteiger partial charge in [-0.15, -0.1) is 0 Å². The summed E-state index contributed by atoms with van der Waals surface area (Å²) in [5, 5.41) is 20.2. The molecule has 0 amide bonds. The standard InChI is InChI=1S/C10H18O2S/c1-2-10-4-3-7-13(10,8-5-11)9-6-12/h3-4,7,11-12H,2,5-6,8-9H2,1H3. The highest BCUT2D eigenvalue weighted by Crippen LogP contribution is 2.60. The second-order valence-electron chi connectivity index (χ2n) is 3.11. The molecule has 0 spiro atoms. The van der Waals surface area contributed by atoms with Gasteiger partial charge >= 0.3 is 0 Å². The third kappa shape index (κ3) is 2.16. The molecule has 2 nitrogen and oxygen atoms in total. The molecule has 76 valence electrons. The van der Waals surface area contributed by atoms with E-state index in [2.05, 4.69) is 24.5 Å². The van der Waals surface area contributed by atoms with Crippen molar-refractivity contribution in [2.75, 3.05) is 24.7 Å². The summed E-state index contributed by atoms with van der Waals surface area (Å²) >= 11 is 0. The van der Waals surface area contributed by atoms with Crippen LogP contribution >= 0.6 is 10.0 Å². The SMILES string of the molecule is CCC1=CC=CS1(CCO)CCO. The van der Waals surface area contributed by atoms with Crippen molar-refractivity contribution in [3.63, 3.8) is 0 Å². The van der Waals surface area contributed by atoms with Gasteiger partial charge in [0.2, 0.25) is 0 Å². The molecule has 0 saturated carbocycles. The molecule has 1 aliphatic rings. The largest absolute Gasteiger partial charge is 0.396 e. The molecule has 1 rings (SSSR count). The fourth-order valence-electron chi connectivity index (χ4n) is 1.75. The lowest BCUT2D eigenvalue weighted by Gasteiger charge is -2.35. The lowest BCUT2D eigenvalue weighted by Crippen LogP contribution is -2.13. The summed E-state index contributed by atoms with van der Waals surface area (Å²) < 4.78 is 0. The topological polar surface area (TPSA) is 40.5 Å². The molecule has 0 saturated heterocycles. The third-order valence-corrected chi connectivity index (χ3v) is 6.37. The van der Waals surface area contributed by atoms with Gasteiger partial charge in [0.1, 0.15) is 0 Å². The Morgan fingerprint density at radius 1 is 1.23 bits per heavy atom. The molecule has 0 aromatic carbocycles. The predicted molar refractivity (Wildman–Crippen MR) is 59.0 cm³/mol. The maximum absolute atomic E-state index is 9.01. The van der Waals surface area contributed by atoms with Gasteiger partial charge in [-0.1, -0.05) is 19.1 Å². The van der Waals surface area contributed by atoms with Crippen LogP contribution in [0.4, 0.5) is 0 Å². The Kier molecular flexibility index (Phi) is 4.03. The van der Waals surface area contributed by atoms with Crippen LogP contribution in [0.5, 0.6) is 0 Å². The van der Waals surface area contributed by atoms with Crippen molar-refractivity contribution in [3.05, 3.63) is 22.5 Å². The summed E-state index contributed by atoms with van der Waals surface area (Å²) in [6.45, 7) is 2.57. The summed E-state index contributed by atoms with van der Waals surface area (Å²) in [5.41, 5.74) is 0. The molecule has 1 heterocycles. The second-order valence-corrected chi connectivity index (χ2v) is 6.62. The van der Waals surface area contributed by atoms with Crippen LogP contribution in [-0.4, -0.2) is 34.9 Å². The number of allylic oxidation sites excluding steroid dienone is 3. The van der Waals surface area contributed by atoms with Gasteiger partial charge in [-0.2, -0.15) is 10.0 Å². The van der Waals surface area contributed by atoms with Crippen LogP contribution in [-0.2, 0) is 0 Å². The molecule has 0 bridgehead atoms. The Bertz CT molecular complexity index is 215. The van der Waals surface area contributed by atoms with Crippen LogP contribution in [0.3, 0.4) is 0 Å². The van der Waals surface area contributed by atoms with Crippen molar-refractivity contribution in [1.29, 1.82) is 0 Å². The molecule has 1 aliphatic heterocycles. The first-order valence-electron chi connectivity index (χ1n) is 4.67. The minimum atomic E-state index is -0.972. The molecular weight excluding hydrogens is 184 g/mol. The predicted octanol–water partition coefficient (Wildman–Crippen LogP) is 1.60. The van der Waals surface area contributed by atoms with Crippen molar-refractivity contribution >= 4 is 10.0 Å². The van der Waals surface area contributed by atoms with Crippen LogP contribution < -0.4 is 0 Å². The number of aliphatic hydroxyl groups excluding tert-OH is 2. The molecule has 0 aliphatic carbocycles. The number of hydrogen-bond acceptors (Lipinski definition) is 2. The van der Waals surface area contributed by atoms with E-state index in [0.717, 1.165) is 17.9 Å². The van der Waals surface area contributed by atoms with Crippen molar-refractivity contribution in [1.82, 2.24) is 0 Å². The Morgan fingerprint density at radius 2 is 1.85 bits per heavy atom. The second kappa shape index (κ2) is 4.84. The summed E-state index contributed by atoms with van der Waals surface area (Å²) in [6.07, 6.45) is 5.24. The van der Waals surface area contributed by atoms with Crippen molar-refractivity contribution < 1.29 is 10.2 Å². The minimum absolute atomic E-state index is 0.219. The molecule has 0 atom stereocenters. The first-order chi connectivity index (χ1) is 6.29. The zero-order valence-corrected chi connectivity index (χ0v) is 8.89. The van der Waals surface area contributed by atoms with E-state index in [1.807, 2.05) is 0 Å². The van der Waals surface area contributed by atoms with Gasteiger partial charge in [-0.25, -0.2) is 0 Å². The van der Waals surface area contributed by atoms with E-state index in [9.17, 15) is 0 Å². The molecule has 0 radical (unpaired) electrons. The third-order valence-electron chi connectivity index (χ3n) is 2.40. The van der Waals surface area contributed by atoms with Crippen molar-refractivity contribution in [2.24, 2.45) is 0 Å². The minimum Gasteiger partial charge on any atom is -0.396 e. The van der Waals surface area contributed by atoms with Crippen LogP contribution in [0.25, 0.3) is 0 Å². The van der Waals surface area contributed by atoms with Crippen LogP contribution in [0.1, 0.15) is 13.3 Å². The summed E-state index contributed by atoms with van der Waals surface area (Å²) in [7, 11) is -0.972. The van der Waals surface area contributed by atoms with E-state index in [1.165, 1.54) is 4.91 Å². The van der Waals surface area contributed by atoms with E-state index in [0.29, 0.717) is 0 Å². The fraction of sp³-hybridized carbons (Fsp3) is 0.600. The smallest absolute Gasteiger partial charge is 0.0513 e. The van der Waals surface area contributed by atoms with E-state index < -0.39 is 10.0 Å². The molecule has 0 aromatic heterocycles. The van der Waals surface area contributed by atoms with Crippen molar-refractivity contribution in [3.8, 4) is 0 Å². The van der Waals surface area contributed by atoms with E-state index in [-0.39, 0.29) is 13.2 Å². The Labute approximate surface area is 81.3 Å². The normalized spacial score (nSPS) is 21.6. The quantitative estimate of drug-likeness (QED) is 0.711. The van der Waals surface area contributed by atoms with E-state index >= 15 is 0 Å². The lowest BCUT2D eigenvalue weighted by molar-refractivity contribution is 0.316. The number of rotatable bonds is 5. The Morgan fingerprint density at radius 3 is 2.31 bits per heavy atom. The van der Waals surface area contributed by atoms with Crippen molar-refractivity contribution in [2.45, 2.75) is 13.3 Å². The highest BCUT2D eigenvalue weighted by atomic mass is 32.3. The van der Waals surface area contributed by atoms with Crippen LogP contribution in [0.15, 0.2) is 22.5 Å². The Balaban J connectivity index is 2.77. The average molecular weight is 202 g/mol. The zero-order valence-electron chi connectivity index (χ0n) is 8.07. The Hall–Kier alpha value is -0.250. The molecule has 0 aromatic rings. The number of aliphatic hydroxyl groups is 2. The van der Waals surface area contributed by atoms with Gasteiger partial charge in [-0.3, -0.25) is 0 Å². The monoisotopic (exact) mass is 202 g/mol. The zero-order chi connectivity index (χ0) is 9.73. The lowest BCUT2D eigenvalue weighted by atomic mass is 10.4. The molecule has 2 N–H and O–H groups in total. The molecule has 13 heavy (non-hydrogen) atoms. The number of hydrogen-bond donors (Lipinski definition) is 2. The van der Waals surface area contributed by atoms with E-state index in [4.69, 9.17) is 10.2 Å². The maximum Gasteiger partial charge on any atom is 0.0513 e. The van der Waals surface area contributed by atoms with Gasteiger partial charge in [0, 0.05) is 11.5 Å². The van der Waals surface area contributed by atoms with Gasteiger partial charge in [-0.05, 0) is 16.7 Å². The van der Waals surface area contributed by atoms with Crippen LogP contribution in [0.2, 0.25) is 0 Å². The first kappa shape index (κ1) is 10.8. The molecule has 3 heteroatoms. The average Bonchev–Trinajstić information content (AvgIpc) is 2.49. The van der Waals surface area contributed by atoms with Gasteiger partial charge in [0.25, 0.3) is 0 Å². The summed E-state index contributed by atoms with van der Waals surface area (Å²) in [6, 6.07) is 0. The van der Waals surface area contributed by atoms with E-state index in [1.54, 1.807) is 0 Å².